The summed E-state index contributed by atoms with van der Waals surface area (Å²) in [5, 5.41) is 2.84. The SMILES string of the molecule is COc1ccc(Oc2ncnc3sccc23)cc1N. The number of nitrogens with two attached hydrogens (primary N) is 1. The molecule has 0 atom stereocenters. The third-order valence-electron chi connectivity index (χ3n) is 2.64. The molecular weight excluding hydrogens is 262 g/mol. The molecule has 0 aliphatic carbocycles. The predicted octanol–water partition coefficient (Wildman–Crippen LogP) is 3.07. The van der Waals surface area contributed by atoms with Crippen LogP contribution in [0.2, 0.25) is 0 Å². The van der Waals surface area contributed by atoms with Crippen molar-refractivity contribution in [1.82, 2.24) is 9.97 Å². The minimum Gasteiger partial charge on any atom is -0.495 e. The van der Waals surface area contributed by atoms with Crippen LogP contribution in [0.3, 0.4) is 0 Å². The van der Waals surface area contributed by atoms with Crippen LogP contribution in [-0.2, 0) is 0 Å². The summed E-state index contributed by atoms with van der Waals surface area (Å²) in [6.45, 7) is 0. The summed E-state index contributed by atoms with van der Waals surface area (Å²) in [7, 11) is 1.57. The fourth-order valence-electron chi connectivity index (χ4n) is 1.74. The van der Waals surface area contributed by atoms with Gasteiger partial charge in [0.25, 0.3) is 0 Å². The Morgan fingerprint density at radius 1 is 1.21 bits per heavy atom. The molecule has 6 heteroatoms. The van der Waals surface area contributed by atoms with Crippen LogP contribution in [0.25, 0.3) is 10.2 Å². The highest BCUT2D eigenvalue weighted by atomic mass is 32.1. The second-order valence-corrected chi connectivity index (χ2v) is 4.72. The molecule has 2 aromatic heterocycles. The highest BCUT2D eigenvalue weighted by Crippen LogP contribution is 2.32. The van der Waals surface area contributed by atoms with Crippen molar-refractivity contribution in [3.8, 4) is 17.4 Å². The van der Waals surface area contributed by atoms with E-state index in [4.69, 9.17) is 15.2 Å². The summed E-state index contributed by atoms with van der Waals surface area (Å²) in [5.41, 5.74) is 6.37. The maximum absolute atomic E-state index is 5.84. The largest absolute Gasteiger partial charge is 0.495 e. The van der Waals surface area contributed by atoms with Gasteiger partial charge in [-0.15, -0.1) is 11.3 Å². The molecule has 0 spiro atoms. The molecule has 1 aromatic carbocycles. The number of anilines is 1. The summed E-state index contributed by atoms with van der Waals surface area (Å²) < 4.78 is 10.9. The van der Waals surface area contributed by atoms with E-state index in [0.29, 0.717) is 23.1 Å². The maximum atomic E-state index is 5.84. The van der Waals surface area contributed by atoms with Gasteiger partial charge >= 0.3 is 0 Å². The van der Waals surface area contributed by atoms with E-state index in [0.717, 1.165) is 10.2 Å². The Hall–Kier alpha value is -2.34. The van der Waals surface area contributed by atoms with Crippen molar-refractivity contribution in [3.63, 3.8) is 0 Å². The average molecular weight is 273 g/mol. The molecule has 0 unspecified atom stereocenters. The summed E-state index contributed by atoms with van der Waals surface area (Å²) in [6.07, 6.45) is 1.49. The van der Waals surface area contributed by atoms with Gasteiger partial charge in [0, 0.05) is 6.07 Å². The van der Waals surface area contributed by atoms with Gasteiger partial charge in [-0.05, 0) is 23.6 Å². The lowest BCUT2D eigenvalue weighted by Crippen LogP contribution is -1.94. The van der Waals surface area contributed by atoms with Crippen LogP contribution in [0.4, 0.5) is 5.69 Å². The van der Waals surface area contributed by atoms with Crippen molar-refractivity contribution >= 4 is 27.2 Å². The Balaban J connectivity index is 1.97. The fourth-order valence-corrected chi connectivity index (χ4v) is 2.46. The smallest absolute Gasteiger partial charge is 0.231 e. The van der Waals surface area contributed by atoms with Gasteiger partial charge in [-0.3, -0.25) is 0 Å². The van der Waals surface area contributed by atoms with E-state index in [9.17, 15) is 0 Å². The normalized spacial score (nSPS) is 10.6. The van der Waals surface area contributed by atoms with Gasteiger partial charge in [-0.1, -0.05) is 0 Å². The number of hydrogen-bond acceptors (Lipinski definition) is 6. The van der Waals surface area contributed by atoms with Crippen molar-refractivity contribution in [2.75, 3.05) is 12.8 Å². The number of nitrogen functional groups attached to an aromatic ring is 1. The number of fused-ring (bicyclic) bond motifs is 1. The monoisotopic (exact) mass is 273 g/mol. The van der Waals surface area contributed by atoms with Crippen LogP contribution < -0.4 is 15.2 Å². The number of nitrogens with zero attached hydrogens (tertiary/aromatic N) is 2. The Bertz CT molecular complexity index is 727. The van der Waals surface area contributed by atoms with Crippen molar-refractivity contribution in [2.45, 2.75) is 0 Å². The molecule has 0 radical (unpaired) electrons. The van der Waals surface area contributed by atoms with Gasteiger partial charge in [-0.2, -0.15) is 0 Å². The second-order valence-electron chi connectivity index (χ2n) is 3.82. The molecule has 0 saturated heterocycles. The number of methoxy groups -OCH3 is 1. The van der Waals surface area contributed by atoms with Crippen LogP contribution in [0.5, 0.6) is 17.4 Å². The summed E-state index contributed by atoms with van der Waals surface area (Å²) >= 11 is 1.55. The van der Waals surface area contributed by atoms with Crippen LogP contribution in [0, 0.1) is 0 Å². The first kappa shape index (κ1) is 11.7. The van der Waals surface area contributed by atoms with Gasteiger partial charge in [-0.25, -0.2) is 9.97 Å². The minimum absolute atomic E-state index is 0.524. The van der Waals surface area contributed by atoms with Gasteiger partial charge < -0.3 is 15.2 Å². The zero-order chi connectivity index (χ0) is 13.2. The number of rotatable bonds is 3. The van der Waals surface area contributed by atoms with E-state index in [-0.39, 0.29) is 0 Å². The number of thiophene rings is 1. The molecule has 2 N–H and O–H groups in total. The minimum atomic E-state index is 0.524. The molecule has 0 aliphatic heterocycles. The molecule has 0 amide bonds. The number of aromatic nitrogens is 2. The van der Waals surface area contributed by atoms with E-state index in [2.05, 4.69) is 9.97 Å². The third kappa shape index (κ3) is 2.17. The first-order chi connectivity index (χ1) is 9.28. The average Bonchev–Trinajstić information content (AvgIpc) is 2.88. The van der Waals surface area contributed by atoms with Crippen LogP contribution in [-0.4, -0.2) is 17.1 Å². The van der Waals surface area contributed by atoms with E-state index in [1.165, 1.54) is 6.33 Å². The zero-order valence-corrected chi connectivity index (χ0v) is 11.0. The lowest BCUT2D eigenvalue weighted by Gasteiger charge is -2.08. The van der Waals surface area contributed by atoms with Crippen molar-refractivity contribution in [1.29, 1.82) is 0 Å². The molecule has 2 heterocycles. The predicted molar refractivity (Wildman–Crippen MR) is 74.9 cm³/mol. The van der Waals surface area contributed by atoms with Crippen molar-refractivity contribution in [2.24, 2.45) is 0 Å². The molecule has 3 rings (SSSR count). The Morgan fingerprint density at radius 3 is 2.89 bits per heavy atom. The second kappa shape index (κ2) is 4.74. The van der Waals surface area contributed by atoms with Crippen LogP contribution >= 0.6 is 11.3 Å². The molecule has 5 nitrogen and oxygen atoms in total. The molecule has 19 heavy (non-hydrogen) atoms. The van der Waals surface area contributed by atoms with Gasteiger partial charge in [0.2, 0.25) is 5.88 Å². The third-order valence-corrected chi connectivity index (χ3v) is 3.46. The molecule has 0 fully saturated rings. The number of benzene rings is 1. The fraction of sp³-hybridized carbons (Fsp3) is 0.0769. The number of ether oxygens (including phenoxy) is 2. The highest BCUT2D eigenvalue weighted by Gasteiger charge is 2.08. The first-order valence-corrected chi connectivity index (χ1v) is 6.45. The van der Waals surface area contributed by atoms with E-state index >= 15 is 0 Å². The van der Waals surface area contributed by atoms with Crippen LogP contribution in [0.15, 0.2) is 36.0 Å². The molecule has 0 aliphatic rings. The first-order valence-electron chi connectivity index (χ1n) is 5.57. The van der Waals surface area contributed by atoms with Crippen molar-refractivity contribution < 1.29 is 9.47 Å². The lowest BCUT2D eigenvalue weighted by atomic mass is 10.3. The summed E-state index contributed by atoms with van der Waals surface area (Å²) in [5.74, 6) is 1.76. The lowest BCUT2D eigenvalue weighted by molar-refractivity contribution is 0.414. The topological polar surface area (TPSA) is 70.3 Å². The summed E-state index contributed by atoms with van der Waals surface area (Å²) in [4.78, 5) is 9.21. The molecular formula is C13H11N3O2S. The van der Waals surface area contributed by atoms with E-state index in [1.807, 2.05) is 11.4 Å². The molecule has 96 valence electrons. The van der Waals surface area contributed by atoms with E-state index < -0.39 is 0 Å². The van der Waals surface area contributed by atoms with Crippen LogP contribution in [0.1, 0.15) is 0 Å². The zero-order valence-electron chi connectivity index (χ0n) is 10.2. The highest BCUT2D eigenvalue weighted by molar-refractivity contribution is 7.16. The summed E-state index contributed by atoms with van der Waals surface area (Å²) in [6, 6.07) is 7.19. The van der Waals surface area contributed by atoms with E-state index in [1.54, 1.807) is 36.6 Å². The molecule has 0 saturated carbocycles. The maximum Gasteiger partial charge on any atom is 0.231 e. The quantitative estimate of drug-likeness (QED) is 0.742. The van der Waals surface area contributed by atoms with Crippen molar-refractivity contribution in [3.05, 3.63) is 36.0 Å². The Labute approximate surface area is 113 Å². The van der Waals surface area contributed by atoms with Gasteiger partial charge in [0.05, 0.1) is 18.2 Å². The van der Waals surface area contributed by atoms with Gasteiger partial charge in [0.1, 0.15) is 22.7 Å². The molecule has 3 aromatic rings. The Kier molecular flexibility index (Phi) is 2.92. The Morgan fingerprint density at radius 2 is 2.11 bits per heavy atom. The standard InChI is InChI=1S/C13H11N3O2S/c1-17-11-3-2-8(6-10(11)14)18-12-9-4-5-19-13(9)16-7-15-12/h2-7H,14H2,1H3. The number of hydrogen-bond donors (Lipinski definition) is 1. The molecule has 0 bridgehead atoms. The van der Waals surface area contributed by atoms with Gasteiger partial charge in [0.15, 0.2) is 0 Å².